The van der Waals surface area contributed by atoms with Crippen molar-refractivity contribution in [3.8, 4) is 5.75 Å². The SMILES string of the molecule is CC(C)(N)COc1cccc(Cl)c1. The molecule has 1 aromatic rings. The minimum Gasteiger partial charge on any atom is -0.492 e. The molecule has 1 aromatic carbocycles. The maximum atomic E-state index is 5.78. The molecule has 0 aliphatic rings. The Morgan fingerprint density at radius 2 is 2.15 bits per heavy atom. The van der Waals surface area contributed by atoms with Gasteiger partial charge in [0.05, 0.1) is 0 Å². The molecule has 0 bridgehead atoms. The zero-order valence-electron chi connectivity index (χ0n) is 7.88. The molecule has 0 radical (unpaired) electrons. The lowest BCUT2D eigenvalue weighted by atomic mass is 10.1. The molecule has 72 valence electrons. The molecule has 13 heavy (non-hydrogen) atoms. The molecular formula is C10H14ClNO. The van der Waals surface area contributed by atoms with Gasteiger partial charge in [0.15, 0.2) is 0 Å². The van der Waals surface area contributed by atoms with Crippen molar-refractivity contribution in [1.29, 1.82) is 0 Å². The van der Waals surface area contributed by atoms with Crippen LogP contribution in [-0.2, 0) is 0 Å². The van der Waals surface area contributed by atoms with E-state index in [1.807, 2.05) is 32.0 Å². The van der Waals surface area contributed by atoms with Crippen LogP contribution in [0.1, 0.15) is 13.8 Å². The van der Waals surface area contributed by atoms with Crippen LogP contribution in [0.15, 0.2) is 24.3 Å². The summed E-state index contributed by atoms with van der Waals surface area (Å²) in [4.78, 5) is 0. The van der Waals surface area contributed by atoms with Gasteiger partial charge in [-0.25, -0.2) is 0 Å². The average Bonchev–Trinajstić information content (AvgIpc) is 2.00. The molecule has 0 aliphatic heterocycles. The van der Waals surface area contributed by atoms with Gasteiger partial charge in [0.1, 0.15) is 12.4 Å². The second-order valence-corrected chi connectivity index (χ2v) is 4.17. The molecule has 0 fully saturated rings. The van der Waals surface area contributed by atoms with Gasteiger partial charge in [-0.1, -0.05) is 17.7 Å². The first-order valence-electron chi connectivity index (χ1n) is 4.15. The van der Waals surface area contributed by atoms with E-state index in [1.54, 1.807) is 6.07 Å². The standard InChI is InChI=1S/C10H14ClNO/c1-10(2,12)7-13-9-5-3-4-8(11)6-9/h3-6H,7,12H2,1-2H3. The first-order valence-corrected chi connectivity index (χ1v) is 4.52. The zero-order chi connectivity index (χ0) is 9.90. The van der Waals surface area contributed by atoms with Crippen molar-refractivity contribution >= 4 is 11.6 Å². The van der Waals surface area contributed by atoms with Crippen molar-refractivity contribution in [2.75, 3.05) is 6.61 Å². The maximum Gasteiger partial charge on any atom is 0.120 e. The Hall–Kier alpha value is -0.730. The molecule has 0 saturated carbocycles. The molecule has 0 aromatic heterocycles. The fourth-order valence-corrected chi connectivity index (χ4v) is 1.01. The molecule has 1 rings (SSSR count). The number of halogens is 1. The predicted molar refractivity (Wildman–Crippen MR) is 55.2 cm³/mol. The Morgan fingerprint density at radius 3 is 2.69 bits per heavy atom. The predicted octanol–water partition coefficient (Wildman–Crippen LogP) is 2.46. The van der Waals surface area contributed by atoms with Crippen LogP contribution in [0.25, 0.3) is 0 Å². The van der Waals surface area contributed by atoms with E-state index in [9.17, 15) is 0 Å². The van der Waals surface area contributed by atoms with E-state index >= 15 is 0 Å². The van der Waals surface area contributed by atoms with Crippen molar-refractivity contribution in [1.82, 2.24) is 0 Å². The highest BCUT2D eigenvalue weighted by Crippen LogP contribution is 2.17. The molecule has 0 saturated heterocycles. The molecular weight excluding hydrogens is 186 g/mol. The molecule has 2 nitrogen and oxygen atoms in total. The quantitative estimate of drug-likeness (QED) is 0.812. The molecule has 0 aliphatic carbocycles. The Labute approximate surface area is 83.6 Å². The first-order chi connectivity index (χ1) is 5.97. The molecule has 0 spiro atoms. The van der Waals surface area contributed by atoms with Gasteiger partial charge in [0, 0.05) is 10.6 Å². The lowest BCUT2D eigenvalue weighted by molar-refractivity contribution is 0.243. The molecule has 0 amide bonds. The van der Waals surface area contributed by atoms with Crippen LogP contribution in [-0.4, -0.2) is 12.1 Å². The van der Waals surface area contributed by atoms with Crippen LogP contribution in [0.5, 0.6) is 5.75 Å². The second kappa shape index (κ2) is 3.99. The summed E-state index contributed by atoms with van der Waals surface area (Å²) < 4.78 is 5.44. The van der Waals surface area contributed by atoms with Crippen LogP contribution in [0.2, 0.25) is 5.02 Å². The highest BCUT2D eigenvalue weighted by molar-refractivity contribution is 6.30. The highest BCUT2D eigenvalue weighted by Gasteiger charge is 2.11. The Morgan fingerprint density at radius 1 is 1.46 bits per heavy atom. The number of hydrogen-bond donors (Lipinski definition) is 1. The van der Waals surface area contributed by atoms with Crippen LogP contribution in [0.4, 0.5) is 0 Å². The summed E-state index contributed by atoms with van der Waals surface area (Å²) >= 11 is 5.78. The maximum absolute atomic E-state index is 5.78. The fraction of sp³-hybridized carbons (Fsp3) is 0.400. The van der Waals surface area contributed by atoms with Crippen molar-refractivity contribution in [3.05, 3.63) is 29.3 Å². The van der Waals surface area contributed by atoms with Crippen molar-refractivity contribution < 1.29 is 4.74 Å². The minimum absolute atomic E-state index is 0.317. The molecule has 2 N–H and O–H groups in total. The third-order valence-corrected chi connectivity index (χ3v) is 1.64. The average molecular weight is 200 g/mol. The number of hydrogen-bond acceptors (Lipinski definition) is 2. The van der Waals surface area contributed by atoms with Gasteiger partial charge >= 0.3 is 0 Å². The topological polar surface area (TPSA) is 35.2 Å². The van der Waals surface area contributed by atoms with E-state index < -0.39 is 0 Å². The molecule has 0 unspecified atom stereocenters. The summed E-state index contributed by atoms with van der Waals surface area (Å²) in [6.07, 6.45) is 0. The number of nitrogens with two attached hydrogens (primary N) is 1. The number of rotatable bonds is 3. The van der Waals surface area contributed by atoms with Crippen molar-refractivity contribution in [3.63, 3.8) is 0 Å². The Bertz CT molecular complexity index is 280. The van der Waals surface area contributed by atoms with Gasteiger partial charge in [-0.05, 0) is 32.0 Å². The van der Waals surface area contributed by atoms with Gasteiger partial charge in [0.2, 0.25) is 0 Å². The molecule has 0 heterocycles. The summed E-state index contributed by atoms with van der Waals surface area (Å²) in [5, 5.41) is 0.673. The normalized spacial score (nSPS) is 11.4. The monoisotopic (exact) mass is 199 g/mol. The zero-order valence-corrected chi connectivity index (χ0v) is 8.64. The van der Waals surface area contributed by atoms with Gasteiger partial charge in [-0.2, -0.15) is 0 Å². The van der Waals surface area contributed by atoms with Crippen LogP contribution >= 0.6 is 11.6 Å². The smallest absolute Gasteiger partial charge is 0.120 e. The summed E-state index contributed by atoms with van der Waals surface area (Å²) in [5.74, 6) is 0.756. The van der Waals surface area contributed by atoms with E-state index in [0.717, 1.165) is 5.75 Å². The fourth-order valence-electron chi connectivity index (χ4n) is 0.826. The summed E-state index contributed by atoms with van der Waals surface area (Å²) in [5.41, 5.74) is 5.45. The Balaban J connectivity index is 2.55. The van der Waals surface area contributed by atoms with E-state index in [0.29, 0.717) is 11.6 Å². The summed E-state index contributed by atoms with van der Waals surface area (Å²) in [6.45, 7) is 4.31. The second-order valence-electron chi connectivity index (χ2n) is 3.73. The van der Waals surface area contributed by atoms with E-state index in [4.69, 9.17) is 22.1 Å². The first kappa shape index (κ1) is 10.4. The summed E-state index contributed by atoms with van der Waals surface area (Å²) in [6, 6.07) is 7.29. The lowest BCUT2D eigenvalue weighted by Gasteiger charge is -2.18. The Kier molecular flexibility index (Phi) is 3.17. The largest absolute Gasteiger partial charge is 0.492 e. The highest BCUT2D eigenvalue weighted by atomic mass is 35.5. The third kappa shape index (κ3) is 4.15. The number of ether oxygens (including phenoxy) is 1. The molecule has 0 atom stereocenters. The van der Waals surface area contributed by atoms with E-state index in [-0.39, 0.29) is 5.54 Å². The van der Waals surface area contributed by atoms with Gasteiger partial charge < -0.3 is 10.5 Å². The van der Waals surface area contributed by atoms with Crippen LogP contribution < -0.4 is 10.5 Å². The third-order valence-electron chi connectivity index (χ3n) is 1.41. The lowest BCUT2D eigenvalue weighted by Crippen LogP contribution is -2.38. The van der Waals surface area contributed by atoms with Crippen molar-refractivity contribution in [2.24, 2.45) is 5.73 Å². The van der Waals surface area contributed by atoms with E-state index in [2.05, 4.69) is 0 Å². The van der Waals surface area contributed by atoms with Crippen LogP contribution in [0.3, 0.4) is 0 Å². The van der Waals surface area contributed by atoms with Gasteiger partial charge in [-0.15, -0.1) is 0 Å². The van der Waals surface area contributed by atoms with Gasteiger partial charge in [-0.3, -0.25) is 0 Å². The van der Waals surface area contributed by atoms with Gasteiger partial charge in [0.25, 0.3) is 0 Å². The molecule has 3 heteroatoms. The number of benzene rings is 1. The minimum atomic E-state index is -0.317. The van der Waals surface area contributed by atoms with Crippen molar-refractivity contribution in [2.45, 2.75) is 19.4 Å². The van der Waals surface area contributed by atoms with E-state index in [1.165, 1.54) is 0 Å². The van der Waals surface area contributed by atoms with Crippen LogP contribution in [0, 0.1) is 0 Å². The summed E-state index contributed by atoms with van der Waals surface area (Å²) in [7, 11) is 0.